The number of nitrogens with zero attached hydrogens (tertiary/aromatic N) is 3. The summed E-state index contributed by atoms with van der Waals surface area (Å²) >= 11 is 0. The van der Waals surface area contributed by atoms with E-state index in [2.05, 4.69) is 25.9 Å². The lowest BCUT2D eigenvalue weighted by molar-refractivity contribution is 0.0266. The van der Waals surface area contributed by atoms with Crippen LogP contribution in [0.1, 0.15) is 43.4 Å². The quantitative estimate of drug-likeness (QED) is 0.474. The zero-order chi connectivity index (χ0) is 23.8. The number of hydrogen-bond acceptors (Lipinski definition) is 7. The Morgan fingerprint density at radius 3 is 2.67 bits per heavy atom. The van der Waals surface area contributed by atoms with Gasteiger partial charge in [0.25, 0.3) is 5.56 Å². The first-order valence-electron chi connectivity index (χ1n) is 10.5. The molecule has 10 heteroatoms. The van der Waals surface area contributed by atoms with E-state index in [1.807, 2.05) is 0 Å². The molecule has 1 aliphatic rings. The fourth-order valence-corrected chi connectivity index (χ4v) is 4.99. The Hall–Kier alpha value is -3.26. The molecule has 2 atom stereocenters. The Bertz CT molecular complexity index is 1410. The lowest BCUT2D eigenvalue weighted by Gasteiger charge is -2.28. The van der Waals surface area contributed by atoms with E-state index >= 15 is 0 Å². The van der Waals surface area contributed by atoms with Crippen LogP contribution >= 0.6 is 0 Å². The SMILES string of the molecule is C#Cc1cc2cnc(Nc3ccc(CS(=O)(=O)NC)cc3)nc2n([C@@H]2CCC[C@@]2(C)O)c1=O. The normalized spacial score (nSPS) is 20.6. The Morgan fingerprint density at radius 1 is 1.33 bits per heavy atom. The molecular formula is C23H25N5O4S. The van der Waals surface area contributed by atoms with Crippen LogP contribution in [0.25, 0.3) is 11.0 Å². The largest absolute Gasteiger partial charge is 0.388 e. The van der Waals surface area contributed by atoms with Crippen LogP contribution in [0.15, 0.2) is 41.3 Å². The van der Waals surface area contributed by atoms with Crippen molar-refractivity contribution in [1.29, 1.82) is 0 Å². The first kappa shape index (κ1) is 22.9. The minimum absolute atomic E-state index is 0.124. The molecule has 9 nitrogen and oxygen atoms in total. The van der Waals surface area contributed by atoms with Gasteiger partial charge < -0.3 is 10.4 Å². The fraction of sp³-hybridized carbons (Fsp3) is 0.348. The molecule has 2 aromatic heterocycles. The predicted molar refractivity (Wildman–Crippen MR) is 127 cm³/mol. The maximum atomic E-state index is 13.1. The van der Waals surface area contributed by atoms with Gasteiger partial charge >= 0.3 is 0 Å². The van der Waals surface area contributed by atoms with Gasteiger partial charge in [-0.2, -0.15) is 4.98 Å². The van der Waals surface area contributed by atoms with Gasteiger partial charge in [-0.05, 0) is 57.0 Å². The summed E-state index contributed by atoms with van der Waals surface area (Å²) in [5.74, 6) is 2.56. The smallest absolute Gasteiger partial charge is 0.268 e. The van der Waals surface area contributed by atoms with Gasteiger partial charge in [-0.25, -0.2) is 18.1 Å². The van der Waals surface area contributed by atoms with Crippen molar-refractivity contribution in [3.8, 4) is 12.3 Å². The van der Waals surface area contributed by atoms with Crippen molar-refractivity contribution in [2.24, 2.45) is 0 Å². The van der Waals surface area contributed by atoms with Crippen molar-refractivity contribution < 1.29 is 13.5 Å². The van der Waals surface area contributed by atoms with Crippen LogP contribution in [0, 0.1) is 12.3 Å². The number of anilines is 2. The predicted octanol–water partition coefficient (Wildman–Crippen LogP) is 2.04. The molecule has 0 unspecified atom stereocenters. The topological polar surface area (TPSA) is 126 Å². The van der Waals surface area contributed by atoms with Crippen LogP contribution in [0.2, 0.25) is 0 Å². The van der Waals surface area contributed by atoms with Gasteiger partial charge in [-0.1, -0.05) is 18.1 Å². The molecule has 3 N–H and O–H groups in total. The third kappa shape index (κ3) is 4.61. The highest BCUT2D eigenvalue weighted by molar-refractivity contribution is 7.88. The van der Waals surface area contributed by atoms with Crippen molar-refractivity contribution in [1.82, 2.24) is 19.3 Å². The highest BCUT2D eigenvalue weighted by Crippen LogP contribution is 2.39. The maximum Gasteiger partial charge on any atom is 0.268 e. The van der Waals surface area contributed by atoms with Gasteiger partial charge in [0.05, 0.1) is 23.0 Å². The highest BCUT2D eigenvalue weighted by Gasteiger charge is 2.39. The molecule has 1 aliphatic carbocycles. The van der Waals surface area contributed by atoms with E-state index in [-0.39, 0.29) is 22.8 Å². The number of sulfonamides is 1. The Kier molecular flexibility index (Phi) is 5.97. The minimum Gasteiger partial charge on any atom is -0.388 e. The second-order valence-corrected chi connectivity index (χ2v) is 10.3. The van der Waals surface area contributed by atoms with Crippen molar-refractivity contribution in [3.63, 3.8) is 0 Å². The molecule has 0 amide bonds. The van der Waals surface area contributed by atoms with Crippen LogP contribution < -0.4 is 15.6 Å². The molecule has 0 radical (unpaired) electrons. The third-order valence-electron chi connectivity index (χ3n) is 6.00. The molecule has 0 saturated heterocycles. The van der Waals surface area contributed by atoms with E-state index in [4.69, 9.17) is 6.42 Å². The molecule has 1 aromatic carbocycles. The van der Waals surface area contributed by atoms with E-state index in [9.17, 15) is 18.3 Å². The van der Waals surface area contributed by atoms with Crippen LogP contribution in [-0.2, 0) is 15.8 Å². The van der Waals surface area contributed by atoms with Crippen LogP contribution in [0.3, 0.4) is 0 Å². The number of aliphatic hydroxyl groups is 1. The number of terminal acetylenes is 1. The van der Waals surface area contributed by atoms with Gasteiger partial charge in [-0.3, -0.25) is 9.36 Å². The third-order valence-corrected chi connectivity index (χ3v) is 7.33. The lowest BCUT2D eigenvalue weighted by atomic mass is 9.99. The van der Waals surface area contributed by atoms with E-state index < -0.39 is 21.7 Å². The summed E-state index contributed by atoms with van der Waals surface area (Å²) in [6, 6.07) is 7.98. The van der Waals surface area contributed by atoms with Gasteiger partial charge in [-0.15, -0.1) is 6.42 Å². The van der Waals surface area contributed by atoms with Crippen LogP contribution in [-0.4, -0.2) is 40.7 Å². The number of benzene rings is 1. The molecule has 1 saturated carbocycles. The van der Waals surface area contributed by atoms with E-state index in [0.717, 1.165) is 6.42 Å². The zero-order valence-corrected chi connectivity index (χ0v) is 19.2. The van der Waals surface area contributed by atoms with Gasteiger partial charge in [0, 0.05) is 17.3 Å². The lowest BCUT2D eigenvalue weighted by Crippen LogP contribution is -2.38. The Labute approximate surface area is 191 Å². The molecule has 4 rings (SSSR count). The van der Waals surface area contributed by atoms with Crippen LogP contribution in [0.5, 0.6) is 0 Å². The Morgan fingerprint density at radius 2 is 2.06 bits per heavy atom. The summed E-state index contributed by atoms with van der Waals surface area (Å²) < 4.78 is 27.2. The molecule has 0 aliphatic heterocycles. The first-order chi connectivity index (χ1) is 15.6. The minimum atomic E-state index is -3.36. The average Bonchev–Trinajstić information content (AvgIpc) is 3.13. The second-order valence-electron chi connectivity index (χ2n) is 8.40. The maximum absolute atomic E-state index is 13.1. The van der Waals surface area contributed by atoms with Crippen molar-refractivity contribution in [2.75, 3.05) is 12.4 Å². The van der Waals surface area contributed by atoms with Crippen molar-refractivity contribution in [3.05, 3.63) is 58.0 Å². The summed E-state index contributed by atoms with van der Waals surface area (Å²) in [6.07, 6.45) is 9.14. The zero-order valence-electron chi connectivity index (χ0n) is 18.4. The standard InChI is InChI=1S/C23H25N5O4S/c1-4-16-12-17-13-25-22(26-18-9-7-15(8-10-18)14-33(31,32)24-3)27-20(17)28(21(16)29)19-6-5-11-23(19,2)30/h1,7-10,12-13,19,24,30H,5-6,11,14H2,2-3H3,(H,25,26,27)/t19-,23-/m1/s1. The van der Waals surface area contributed by atoms with Gasteiger partial charge in [0.2, 0.25) is 16.0 Å². The van der Waals surface area contributed by atoms with E-state index in [0.29, 0.717) is 35.1 Å². The second kappa shape index (κ2) is 8.59. The van der Waals surface area contributed by atoms with Crippen molar-refractivity contribution >= 4 is 32.7 Å². The first-order valence-corrected chi connectivity index (χ1v) is 12.2. The summed E-state index contributed by atoms with van der Waals surface area (Å²) in [4.78, 5) is 22.0. The number of hydrogen-bond donors (Lipinski definition) is 3. The molecule has 172 valence electrons. The molecule has 33 heavy (non-hydrogen) atoms. The summed E-state index contributed by atoms with van der Waals surface area (Å²) in [5, 5.41) is 14.5. The summed E-state index contributed by atoms with van der Waals surface area (Å²) in [5.41, 5.74) is 0.459. The average molecular weight is 468 g/mol. The van der Waals surface area contributed by atoms with Gasteiger partial charge in [0.15, 0.2) is 0 Å². The highest BCUT2D eigenvalue weighted by atomic mass is 32.2. The number of pyridine rings is 1. The Balaban J connectivity index is 1.72. The molecular weight excluding hydrogens is 442 g/mol. The molecule has 2 heterocycles. The number of rotatable bonds is 6. The summed E-state index contributed by atoms with van der Waals surface area (Å²) in [7, 11) is -1.99. The van der Waals surface area contributed by atoms with E-state index in [1.54, 1.807) is 43.5 Å². The van der Waals surface area contributed by atoms with Crippen molar-refractivity contribution in [2.45, 2.75) is 43.6 Å². The van der Waals surface area contributed by atoms with Crippen LogP contribution in [0.4, 0.5) is 11.6 Å². The summed E-state index contributed by atoms with van der Waals surface area (Å²) in [6.45, 7) is 1.72. The monoisotopic (exact) mass is 467 g/mol. The fourth-order valence-electron chi connectivity index (χ4n) is 4.22. The number of fused-ring (bicyclic) bond motifs is 1. The van der Waals surface area contributed by atoms with E-state index in [1.165, 1.54) is 11.6 Å². The molecule has 0 bridgehead atoms. The number of nitrogens with one attached hydrogen (secondary N) is 2. The molecule has 0 spiro atoms. The number of aromatic nitrogens is 3. The molecule has 3 aromatic rings. The van der Waals surface area contributed by atoms with Gasteiger partial charge in [0.1, 0.15) is 5.65 Å². The molecule has 1 fully saturated rings.